The fourth-order valence-corrected chi connectivity index (χ4v) is 2.59. The van der Waals surface area contributed by atoms with Crippen LogP contribution in [0.5, 0.6) is 0 Å². The molecule has 0 bridgehead atoms. The summed E-state index contributed by atoms with van der Waals surface area (Å²) >= 11 is 6.12. The van der Waals surface area contributed by atoms with Gasteiger partial charge in [-0.25, -0.2) is 4.39 Å². The molecule has 0 radical (unpaired) electrons. The molecule has 4 heteroatoms. The Morgan fingerprint density at radius 3 is 2.88 bits per heavy atom. The second kappa shape index (κ2) is 5.34. The summed E-state index contributed by atoms with van der Waals surface area (Å²) in [6.07, 6.45) is 2.21. The van der Waals surface area contributed by atoms with Crippen LogP contribution in [0.4, 0.5) is 4.39 Å². The van der Waals surface area contributed by atoms with Crippen LogP contribution in [0.15, 0.2) is 12.1 Å². The molecule has 1 aliphatic heterocycles. The topological polar surface area (TPSA) is 21.3 Å². The molecule has 1 aromatic carbocycles. The molecular weight excluding hydrogens is 241 g/mol. The van der Waals surface area contributed by atoms with Crippen LogP contribution in [0.3, 0.4) is 0 Å². The van der Waals surface area contributed by atoms with Crippen molar-refractivity contribution in [3.05, 3.63) is 34.1 Å². The Kier molecular flexibility index (Phi) is 4.02. The van der Waals surface area contributed by atoms with E-state index in [0.29, 0.717) is 10.6 Å². The lowest BCUT2D eigenvalue weighted by Gasteiger charge is -2.24. The monoisotopic (exact) mass is 257 g/mol. The van der Waals surface area contributed by atoms with Gasteiger partial charge in [0.25, 0.3) is 0 Å². The van der Waals surface area contributed by atoms with E-state index < -0.39 is 0 Å². The van der Waals surface area contributed by atoms with Gasteiger partial charge in [0.15, 0.2) is 0 Å². The van der Waals surface area contributed by atoms with Crippen LogP contribution in [0.25, 0.3) is 0 Å². The van der Waals surface area contributed by atoms with Crippen molar-refractivity contribution >= 4 is 11.6 Å². The highest BCUT2D eigenvalue weighted by molar-refractivity contribution is 6.31. The maximum Gasteiger partial charge on any atom is 0.127 e. The number of hydrogen-bond donors (Lipinski definition) is 1. The van der Waals surface area contributed by atoms with E-state index in [1.165, 1.54) is 6.07 Å². The summed E-state index contributed by atoms with van der Waals surface area (Å²) in [5, 5.41) is 3.68. The maximum absolute atomic E-state index is 13.4. The highest BCUT2D eigenvalue weighted by Crippen LogP contribution is 2.32. The third-order valence-electron chi connectivity index (χ3n) is 3.26. The minimum absolute atomic E-state index is 0.0318. The Morgan fingerprint density at radius 1 is 1.53 bits per heavy atom. The summed E-state index contributed by atoms with van der Waals surface area (Å²) in [5.74, 6) is -0.263. The molecule has 1 aromatic rings. The number of hydrogen-bond acceptors (Lipinski definition) is 2. The summed E-state index contributed by atoms with van der Waals surface area (Å²) in [5.41, 5.74) is 1.53. The van der Waals surface area contributed by atoms with E-state index >= 15 is 0 Å². The van der Waals surface area contributed by atoms with E-state index in [1.54, 1.807) is 13.0 Å². The minimum atomic E-state index is -0.263. The minimum Gasteiger partial charge on any atom is -0.376 e. The first-order chi connectivity index (χ1) is 8.13. The van der Waals surface area contributed by atoms with Crippen LogP contribution in [0, 0.1) is 12.7 Å². The van der Waals surface area contributed by atoms with Crippen molar-refractivity contribution in [3.8, 4) is 0 Å². The molecule has 94 valence electrons. The van der Waals surface area contributed by atoms with Crippen molar-refractivity contribution in [2.45, 2.75) is 31.9 Å². The number of aryl methyl sites for hydroxylation is 1. The van der Waals surface area contributed by atoms with Crippen LogP contribution < -0.4 is 5.32 Å². The largest absolute Gasteiger partial charge is 0.376 e. The molecule has 0 spiro atoms. The highest BCUT2D eigenvalue weighted by Gasteiger charge is 2.28. The first-order valence-corrected chi connectivity index (χ1v) is 6.25. The molecule has 1 N–H and O–H groups in total. The lowest BCUT2D eigenvalue weighted by Crippen LogP contribution is -2.29. The number of benzene rings is 1. The van der Waals surface area contributed by atoms with Gasteiger partial charge in [-0.3, -0.25) is 0 Å². The molecule has 2 nitrogen and oxygen atoms in total. The van der Waals surface area contributed by atoms with Gasteiger partial charge in [0.1, 0.15) is 5.82 Å². The molecule has 0 saturated carbocycles. The lowest BCUT2D eigenvalue weighted by molar-refractivity contribution is 0.0807. The fourth-order valence-electron chi connectivity index (χ4n) is 2.33. The van der Waals surface area contributed by atoms with Crippen LogP contribution in [0.1, 0.15) is 30.0 Å². The molecule has 1 saturated heterocycles. The molecule has 2 atom stereocenters. The average Bonchev–Trinajstić information content (AvgIpc) is 2.80. The SMILES string of the molecule is CNC(c1cc(C)c(F)cc1Cl)C1CCCO1. The van der Waals surface area contributed by atoms with Crippen molar-refractivity contribution in [1.29, 1.82) is 0 Å². The summed E-state index contributed by atoms with van der Waals surface area (Å²) in [4.78, 5) is 0. The normalized spacial score (nSPS) is 21.8. The first kappa shape index (κ1) is 12.8. The Balaban J connectivity index is 2.32. The predicted molar refractivity (Wildman–Crippen MR) is 66.9 cm³/mol. The second-order valence-corrected chi connectivity index (χ2v) is 4.85. The number of nitrogens with one attached hydrogen (secondary N) is 1. The second-order valence-electron chi connectivity index (χ2n) is 4.44. The lowest BCUT2D eigenvalue weighted by atomic mass is 9.97. The maximum atomic E-state index is 13.4. The van der Waals surface area contributed by atoms with E-state index in [2.05, 4.69) is 5.32 Å². The number of rotatable bonds is 3. The predicted octanol–water partition coefficient (Wildman–Crippen LogP) is 3.23. The quantitative estimate of drug-likeness (QED) is 0.898. The van der Waals surface area contributed by atoms with Gasteiger partial charge in [-0.2, -0.15) is 0 Å². The third kappa shape index (κ3) is 2.62. The van der Waals surface area contributed by atoms with Gasteiger partial charge >= 0.3 is 0 Å². The molecule has 0 aliphatic carbocycles. The first-order valence-electron chi connectivity index (χ1n) is 5.88. The zero-order chi connectivity index (χ0) is 12.4. The Morgan fingerprint density at radius 2 is 2.29 bits per heavy atom. The van der Waals surface area contributed by atoms with E-state index in [9.17, 15) is 4.39 Å². The van der Waals surface area contributed by atoms with Crippen molar-refractivity contribution in [3.63, 3.8) is 0 Å². The summed E-state index contributed by atoms with van der Waals surface area (Å²) < 4.78 is 19.0. The van der Waals surface area contributed by atoms with E-state index in [0.717, 1.165) is 25.0 Å². The molecule has 1 aliphatic rings. The number of ether oxygens (including phenoxy) is 1. The third-order valence-corrected chi connectivity index (χ3v) is 3.59. The van der Waals surface area contributed by atoms with Gasteiger partial charge in [-0.1, -0.05) is 17.7 Å². The van der Waals surface area contributed by atoms with Gasteiger partial charge < -0.3 is 10.1 Å². The molecule has 17 heavy (non-hydrogen) atoms. The molecular formula is C13H17ClFNO. The Bertz CT molecular complexity index is 405. The number of halogens is 2. The highest BCUT2D eigenvalue weighted by atomic mass is 35.5. The summed E-state index contributed by atoms with van der Waals surface area (Å²) in [6, 6.07) is 3.22. The Labute approximate surface area is 106 Å². The van der Waals surface area contributed by atoms with Crippen molar-refractivity contribution in [1.82, 2.24) is 5.32 Å². The van der Waals surface area contributed by atoms with Crippen molar-refractivity contribution < 1.29 is 9.13 Å². The molecule has 2 unspecified atom stereocenters. The van der Waals surface area contributed by atoms with E-state index in [-0.39, 0.29) is 18.0 Å². The van der Waals surface area contributed by atoms with E-state index in [4.69, 9.17) is 16.3 Å². The van der Waals surface area contributed by atoms with Gasteiger partial charge in [-0.05, 0) is 44.0 Å². The zero-order valence-corrected chi connectivity index (χ0v) is 10.9. The van der Waals surface area contributed by atoms with Crippen LogP contribution >= 0.6 is 11.6 Å². The van der Waals surface area contributed by atoms with Crippen LogP contribution in [0.2, 0.25) is 5.02 Å². The van der Waals surface area contributed by atoms with E-state index in [1.807, 2.05) is 7.05 Å². The summed E-state index contributed by atoms with van der Waals surface area (Å²) in [6.45, 7) is 2.54. The standard InChI is InChI=1S/C13H17ClFNO/c1-8-6-9(10(14)7-11(8)15)13(16-2)12-4-3-5-17-12/h6-7,12-13,16H,3-5H2,1-2H3. The van der Waals surface area contributed by atoms with Crippen molar-refractivity contribution in [2.75, 3.05) is 13.7 Å². The van der Waals surface area contributed by atoms with Crippen LogP contribution in [-0.4, -0.2) is 19.8 Å². The van der Waals surface area contributed by atoms with Gasteiger partial charge in [0, 0.05) is 11.6 Å². The molecule has 1 fully saturated rings. The van der Waals surface area contributed by atoms with Gasteiger partial charge in [-0.15, -0.1) is 0 Å². The van der Waals surface area contributed by atoms with Gasteiger partial charge in [0.05, 0.1) is 12.1 Å². The fraction of sp³-hybridized carbons (Fsp3) is 0.538. The zero-order valence-electron chi connectivity index (χ0n) is 10.1. The smallest absolute Gasteiger partial charge is 0.127 e. The van der Waals surface area contributed by atoms with Gasteiger partial charge in [0.2, 0.25) is 0 Å². The van der Waals surface area contributed by atoms with Crippen molar-refractivity contribution in [2.24, 2.45) is 0 Å². The molecule has 1 heterocycles. The molecule has 0 aromatic heterocycles. The number of likely N-dealkylation sites (N-methyl/N-ethyl adjacent to an activating group) is 1. The molecule has 0 amide bonds. The summed E-state index contributed by atoms with van der Waals surface area (Å²) in [7, 11) is 1.88. The average molecular weight is 258 g/mol. The van der Waals surface area contributed by atoms with Crippen LogP contribution in [-0.2, 0) is 4.74 Å². The molecule has 2 rings (SSSR count). The Hall–Kier alpha value is -0.640.